The first-order valence-electron chi connectivity index (χ1n) is 19.5. The van der Waals surface area contributed by atoms with Gasteiger partial charge < -0.3 is 0 Å². The van der Waals surface area contributed by atoms with Gasteiger partial charge >= 0.3 is 0 Å². The summed E-state index contributed by atoms with van der Waals surface area (Å²) < 4.78 is 34.7. The minimum Gasteiger partial charge on any atom is -0.299 e. The van der Waals surface area contributed by atoms with Gasteiger partial charge in [0.15, 0.2) is 0 Å². The number of hydrogen-bond donors (Lipinski definition) is 0. The van der Waals surface area contributed by atoms with Crippen LogP contribution in [0.5, 0.6) is 0 Å². The maximum absolute atomic E-state index is 16.3. The fourth-order valence-corrected chi connectivity index (χ4v) is 8.41. The lowest BCUT2D eigenvalue weighted by Crippen LogP contribution is -2.12. The number of aromatic nitrogens is 2. The van der Waals surface area contributed by atoms with E-state index in [0.717, 1.165) is 59.4 Å². The van der Waals surface area contributed by atoms with E-state index in [0.29, 0.717) is 17.0 Å². The Balaban J connectivity index is 1.41. The van der Waals surface area contributed by atoms with Gasteiger partial charge in [-0.2, -0.15) is 0 Å². The van der Waals surface area contributed by atoms with E-state index >= 15 is 8.78 Å². The summed E-state index contributed by atoms with van der Waals surface area (Å²) >= 11 is 0. The van der Waals surface area contributed by atoms with Gasteiger partial charge in [-0.1, -0.05) is 122 Å². The number of nitrogens with zero attached hydrogens (tertiary/aromatic N) is 2. The van der Waals surface area contributed by atoms with Crippen molar-refractivity contribution >= 4 is 0 Å². The molecule has 6 aromatic rings. The van der Waals surface area contributed by atoms with Crippen LogP contribution < -0.4 is 0 Å². The van der Waals surface area contributed by atoms with Gasteiger partial charge in [0, 0.05) is 29.1 Å². The number of halogens is 2. The number of hydrogen-bond acceptors (Lipinski definition) is 1. The third kappa shape index (κ3) is 6.78. The maximum atomic E-state index is 16.3. The molecule has 0 spiro atoms. The van der Waals surface area contributed by atoms with Crippen molar-refractivity contribution in [3.8, 4) is 50.5 Å². The highest BCUT2D eigenvalue weighted by atomic mass is 19.1. The predicted molar refractivity (Wildman–Crippen MR) is 218 cm³/mol. The van der Waals surface area contributed by atoms with Crippen LogP contribution in [0, 0.1) is 17.6 Å². The largest absolute Gasteiger partial charge is 0.299 e. The number of imidazole rings is 1. The van der Waals surface area contributed by atoms with Crippen molar-refractivity contribution in [2.24, 2.45) is 5.92 Å². The lowest BCUT2D eigenvalue weighted by molar-refractivity contribution is 0.606. The Bertz CT molecular complexity index is 2230. The zero-order valence-electron chi connectivity index (χ0n) is 32.5. The van der Waals surface area contributed by atoms with Crippen LogP contribution >= 0.6 is 0 Å². The standard InChI is InChI=1S/C49H52F2N2/c1-9-32-21-33(10-2)23-37(22-32)42-28-45(50)41(27-46(42)51)35-17-18-44(49(8)29-38(49)11-3)43(24-35)48-52-19-20-53(48)47-39(30(4)5)25-36(26-40(47)31(6)7)34-15-13-12-14-16-34/h12-28,30-31,38H,9-11,29H2,1-8H3/t38-,49?/m0/s1. The van der Waals surface area contributed by atoms with Gasteiger partial charge in [-0.25, -0.2) is 13.8 Å². The van der Waals surface area contributed by atoms with E-state index in [4.69, 9.17) is 4.98 Å². The normalized spacial score (nSPS) is 16.9. The molecule has 1 aliphatic rings. The zero-order chi connectivity index (χ0) is 37.6. The quantitative estimate of drug-likeness (QED) is 0.131. The second kappa shape index (κ2) is 14.5. The van der Waals surface area contributed by atoms with Gasteiger partial charge in [0.05, 0.1) is 5.69 Å². The van der Waals surface area contributed by atoms with E-state index < -0.39 is 11.6 Å². The van der Waals surface area contributed by atoms with Crippen LogP contribution in [0.25, 0.3) is 50.5 Å². The fraction of sp³-hybridized carbons (Fsp3) is 0.327. The topological polar surface area (TPSA) is 17.8 Å². The second-order valence-corrected chi connectivity index (χ2v) is 15.8. The smallest absolute Gasteiger partial charge is 0.144 e. The Hall–Kier alpha value is -4.83. The molecule has 0 saturated heterocycles. The molecule has 1 aliphatic carbocycles. The molecule has 1 saturated carbocycles. The van der Waals surface area contributed by atoms with Crippen molar-refractivity contribution in [1.82, 2.24) is 9.55 Å². The van der Waals surface area contributed by atoms with Crippen LogP contribution in [0.1, 0.15) is 108 Å². The second-order valence-electron chi connectivity index (χ2n) is 15.8. The monoisotopic (exact) mass is 706 g/mol. The van der Waals surface area contributed by atoms with Gasteiger partial charge in [-0.05, 0) is 123 Å². The van der Waals surface area contributed by atoms with Crippen LogP contribution in [0.3, 0.4) is 0 Å². The van der Waals surface area contributed by atoms with Crippen molar-refractivity contribution in [3.63, 3.8) is 0 Å². The Kier molecular flexibility index (Phi) is 10.0. The van der Waals surface area contributed by atoms with Crippen LogP contribution in [0.15, 0.2) is 103 Å². The molecule has 53 heavy (non-hydrogen) atoms. The molecule has 7 rings (SSSR count). The molecule has 1 heterocycles. The Labute approximate surface area is 315 Å². The predicted octanol–water partition coefficient (Wildman–Crippen LogP) is 13.9. The summed E-state index contributed by atoms with van der Waals surface area (Å²) in [5, 5.41) is 0. The summed E-state index contributed by atoms with van der Waals surface area (Å²) in [6, 6.07) is 30.3. The first-order chi connectivity index (χ1) is 25.5. The third-order valence-electron chi connectivity index (χ3n) is 11.7. The van der Waals surface area contributed by atoms with Gasteiger partial charge in [0.2, 0.25) is 0 Å². The van der Waals surface area contributed by atoms with E-state index in [1.54, 1.807) is 0 Å². The minimum absolute atomic E-state index is 0.0206. The SMILES string of the molecule is CCc1cc(CC)cc(-c2cc(F)c(-c3ccc(C4(C)C[C@@H]4CC)c(-c4nccn4-c4c(C(C)C)cc(-c5ccccc5)cc4C(C)C)c3)cc2F)c1. The van der Waals surface area contributed by atoms with Crippen LogP contribution in [0.2, 0.25) is 0 Å². The van der Waals surface area contributed by atoms with Crippen molar-refractivity contribution in [2.75, 3.05) is 0 Å². The molecule has 4 heteroatoms. The molecular formula is C49H52F2N2. The van der Waals surface area contributed by atoms with Crippen LogP contribution in [-0.2, 0) is 18.3 Å². The molecule has 2 nitrogen and oxygen atoms in total. The van der Waals surface area contributed by atoms with Crippen molar-refractivity contribution in [3.05, 3.63) is 143 Å². The molecular weight excluding hydrogens is 655 g/mol. The first-order valence-corrected chi connectivity index (χ1v) is 19.5. The van der Waals surface area contributed by atoms with Crippen molar-refractivity contribution < 1.29 is 8.78 Å². The third-order valence-corrected chi connectivity index (χ3v) is 11.7. The molecule has 0 N–H and O–H groups in total. The molecule has 0 radical (unpaired) electrons. The summed E-state index contributed by atoms with van der Waals surface area (Å²) in [6.45, 7) is 17.8. The van der Waals surface area contributed by atoms with Crippen LogP contribution in [0.4, 0.5) is 8.78 Å². The molecule has 2 atom stereocenters. The summed E-state index contributed by atoms with van der Waals surface area (Å²) in [6.07, 6.45) is 7.78. The number of aryl methyl sites for hydroxylation is 2. The number of rotatable bonds is 11. The van der Waals surface area contributed by atoms with E-state index in [2.05, 4.69) is 127 Å². The minimum atomic E-state index is -0.437. The van der Waals surface area contributed by atoms with Gasteiger partial charge in [0.1, 0.15) is 17.5 Å². The molecule has 0 bridgehead atoms. The van der Waals surface area contributed by atoms with Crippen molar-refractivity contribution in [2.45, 2.75) is 98.3 Å². The summed E-state index contributed by atoms with van der Waals surface area (Å²) in [7, 11) is 0. The highest BCUT2D eigenvalue weighted by Gasteiger charge is 2.51. The summed E-state index contributed by atoms with van der Waals surface area (Å²) in [4.78, 5) is 5.05. The molecule has 0 aliphatic heterocycles. The molecule has 1 unspecified atom stereocenters. The lowest BCUT2D eigenvalue weighted by atomic mass is 9.86. The van der Waals surface area contributed by atoms with E-state index in [1.807, 2.05) is 24.4 Å². The Morgan fingerprint density at radius 3 is 1.83 bits per heavy atom. The Morgan fingerprint density at radius 1 is 0.679 bits per heavy atom. The van der Waals surface area contributed by atoms with Crippen molar-refractivity contribution in [1.29, 1.82) is 0 Å². The van der Waals surface area contributed by atoms with E-state index in [9.17, 15) is 0 Å². The highest BCUT2D eigenvalue weighted by Crippen LogP contribution is 2.58. The van der Waals surface area contributed by atoms with Gasteiger partial charge in [-0.15, -0.1) is 0 Å². The fourth-order valence-electron chi connectivity index (χ4n) is 8.41. The summed E-state index contributed by atoms with van der Waals surface area (Å²) in [5.41, 5.74) is 12.3. The van der Waals surface area contributed by atoms with E-state index in [1.165, 1.54) is 39.9 Å². The average molecular weight is 707 g/mol. The lowest BCUT2D eigenvalue weighted by Gasteiger charge is -2.25. The molecule has 272 valence electrons. The zero-order valence-corrected chi connectivity index (χ0v) is 32.5. The van der Waals surface area contributed by atoms with Gasteiger partial charge in [-0.3, -0.25) is 4.57 Å². The van der Waals surface area contributed by atoms with E-state index in [-0.39, 0.29) is 22.8 Å². The average Bonchev–Trinajstić information content (AvgIpc) is 3.61. The summed E-state index contributed by atoms with van der Waals surface area (Å²) in [5.74, 6) is 1.01. The molecule has 0 amide bonds. The highest BCUT2D eigenvalue weighted by molar-refractivity contribution is 5.79. The first kappa shape index (κ1) is 36.5. The van der Waals surface area contributed by atoms with Gasteiger partial charge in [0.25, 0.3) is 0 Å². The molecule has 1 fully saturated rings. The number of benzene rings is 5. The Morgan fingerprint density at radius 2 is 1.28 bits per heavy atom. The molecule has 1 aromatic heterocycles. The van der Waals surface area contributed by atoms with Crippen LogP contribution in [-0.4, -0.2) is 9.55 Å². The maximum Gasteiger partial charge on any atom is 0.144 e. The molecule has 5 aromatic carbocycles.